The van der Waals surface area contributed by atoms with Crippen molar-refractivity contribution < 1.29 is 4.79 Å². The smallest absolute Gasteiger partial charge is 0.253 e. The third-order valence-electron chi connectivity index (χ3n) is 2.82. The van der Waals surface area contributed by atoms with Crippen LogP contribution < -0.4 is 5.73 Å². The predicted octanol–water partition coefficient (Wildman–Crippen LogP) is 2.20. The summed E-state index contributed by atoms with van der Waals surface area (Å²) in [7, 11) is 0. The van der Waals surface area contributed by atoms with Crippen molar-refractivity contribution >= 4 is 5.91 Å². The van der Waals surface area contributed by atoms with E-state index >= 15 is 0 Å². The highest BCUT2D eigenvalue weighted by molar-refractivity contribution is 5.94. The molecular formula is C14H22N2O. The molecule has 94 valence electrons. The number of carbonyl (C=O) groups excluding carboxylic acids is 1. The standard InChI is InChI=1S/C14H22N2O/c1-3-16(10-5-4-9-15)14(17)13-8-6-7-12(2)11-13/h6-8,11H,3-5,9-10,15H2,1-2H3. The minimum Gasteiger partial charge on any atom is -0.339 e. The average molecular weight is 234 g/mol. The van der Waals surface area contributed by atoms with Gasteiger partial charge in [-0.25, -0.2) is 0 Å². The lowest BCUT2D eigenvalue weighted by molar-refractivity contribution is 0.0762. The minimum absolute atomic E-state index is 0.119. The maximum absolute atomic E-state index is 12.2. The predicted molar refractivity (Wildman–Crippen MR) is 71.0 cm³/mol. The third-order valence-corrected chi connectivity index (χ3v) is 2.82. The summed E-state index contributed by atoms with van der Waals surface area (Å²) < 4.78 is 0. The van der Waals surface area contributed by atoms with Crippen LogP contribution in [0.5, 0.6) is 0 Å². The molecule has 0 aliphatic heterocycles. The Bertz CT molecular complexity index is 363. The summed E-state index contributed by atoms with van der Waals surface area (Å²) in [5.74, 6) is 0.119. The number of hydrogen-bond donors (Lipinski definition) is 1. The van der Waals surface area contributed by atoms with Gasteiger partial charge in [0.05, 0.1) is 0 Å². The molecule has 0 saturated carbocycles. The van der Waals surface area contributed by atoms with Crippen LogP contribution in [-0.2, 0) is 0 Å². The van der Waals surface area contributed by atoms with Gasteiger partial charge in [0.1, 0.15) is 0 Å². The lowest BCUT2D eigenvalue weighted by Crippen LogP contribution is -2.32. The molecule has 1 amide bonds. The summed E-state index contributed by atoms with van der Waals surface area (Å²) >= 11 is 0. The molecule has 1 aromatic carbocycles. The fraction of sp³-hybridized carbons (Fsp3) is 0.500. The first-order valence-corrected chi connectivity index (χ1v) is 6.25. The third kappa shape index (κ3) is 4.19. The van der Waals surface area contributed by atoms with Gasteiger partial charge in [-0.2, -0.15) is 0 Å². The van der Waals surface area contributed by atoms with E-state index in [9.17, 15) is 4.79 Å². The maximum atomic E-state index is 12.2. The molecule has 17 heavy (non-hydrogen) atoms. The van der Waals surface area contributed by atoms with Gasteiger partial charge in [0.25, 0.3) is 5.91 Å². The summed E-state index contributed by atoms with van der Waals surface area (Å²) in [5, 5.41) is 0. The van der Waals surface area contributed by atoms with Crippen molar-refractivity contribution in [3.05, 3.63) is 35.4 Å². The van der Waals surface area contributed by atoms with Crippen LogP contribution in [0.4, 0.5) is 0 Å². The molecule has 0 aliphatic rings. The van der Waals surface area contributed by atoms with E-state index in [4.69, 9.17) is 5.73 Å². The molecule has 2 N–H and O–H groups in total. The Morgan fingerprint density at radius 3 is 2.71 bits per heavy atom. The van der Waals surface area contributed by atoms with Crippen LogP contribution in [0.3, 0.4) is 0 Å². The normalized spacial score (nSPS) is 10.3. The topological polar surface area (TPSA) is 46.3 Å². The van der Waals surface area contributed by atoms with E-state index in [2.05, 4.69) is 0 Å². The second kappa shape index (κ2) is 7.07. The van der Waals surface area contributed by atoms with Crippen molar-refractivity contribution in [3.63, 3.8) is 0 Å². The number of nitrogens with two attached hydrogens (primary N) is 1. The first-order valence-electron chi connectivity index (χ1n) is 6.25. The second-order valence-corrected chi connectivity index (χ2v) is 4.25. The van der Waals surface area contributed by atoms with E-state index in [0.29, 0.717) is 6.54 Å². The molecule has 0 aliphatic carbocycles. The van der Waals surface area contributed by atoms with Gasteiger partial charge >= 0.3 is 0 Å². The zero-order valence-electron chi connectivity index (χ0n) is 10.8. The summed E-state index contributed by atoms with van der Waals surface area (Å²) in [6, 6.07) is 7.74. The Labute approximate surface area is 104 Å². The zero-order chi connectivity index (χ0) is 12.7. The number of amides is 1. The number of hydrogen-bond acceptors (Lipinski definition) is 2. The van der Waals surface area contributed by atoms with E-state index in [-0.39, 0.29) is 5.91 Å². The molecule has 0 heterocycles. The van der Waals surface area contributed by atoms with E-state index in [1.54, 1.807) is 0 Å². The summed E-state index contributed by atoms with van der Waals surface area (Å²) in [6.07, 6.45) is 1.94. The van der Waals surface area contributed by atoms with Crippen LogP contribution in [0.1, 0.15) is 35.7 Å². The van der Waals surface area contributed by atoms with Gasteiger partial charge in [-0.05, 0) is 45.4 Å². The number of benzene rings is 1. The fourth-order valence-corrected chi connectivity index (χ4v) is 1.81. The van der Waals surface area contributed by atoms with Crippen molar-refractivity contribution in [3.8, 4) is 0 Å². The van der Waals surface area contributed by atoms with Crippen molar-refractivity contribution in [2.24, 2.45) is 5.73 Å². The minimum atomic E-state index is 0.119. The van der Waals surface area contributed by atoms with Crippen LogP contribution in [0.25, 0.3) is 0 Å². The number of rotatable bonds is 6. The van der Waals surface area contributed by atoms with Crippen molar-refractivity contribution in [2.75, 3.05) is 19.6 Å². The number of nitrogens with zero attached hydrogens (tertiary/aromatic N) is 1. The van der Waals surface area contributed by atoms with E-state index < -0.39 is 0 Å². The highest BCUT2D eigenvalue weighted by Crippen LogP contribution is 2.08. The zero-order valence-corrected chi connectivity index (χ0v) is 10.8. The Kier molecular flexibility index (Phi) is 5.70. The highest BCUT2D eigenvalue weighted by atomic mass is 16.2. The lowest BCUT2D eigenvalue weighted by Gasteiger charge is -2.21. The van der Waals surface area contributed by atoms with Crippen LogP contribution in [0.2, 0.25) is 0 Å². The molecule has 3 nitrogen and oxygen atoms in total. The lowest BCUT2D eigenvalue weighted by atomic mass is 10.1. The Balaban J connectivity index is 2.65. The largest absolute Gasteiger partial charge is 0.339 e. The van der Waals surface area contributed by atoms with Crippen LogP contribution in [0, 0.1) is 6.92 Å². The first-order chi connectivity index (χ1) is 8.19. The summed E-state index contributed by atoms with van der Waals surface area (Å²) in [4.78, 5) is 14.1. The van der Waals surface area contributed by atoms with Crippen molar-refractivity contribution in [1.82, 2.24) is 4.90 Å². The van der Waals surface area contributed by atoms with Gasteiger partial charge in [-0.3, -0.25) is 4.79 Å². The monoisotopic (exact) mass is 234 g/mol. The number of carbonyl (C=O) groups is 1. The van der Waals surface area contributed by atoms with Gasteiger partial charge < -0.3 is 10.6 Å². The van der Waals surface area contributed by atoms with E-state index in [0.717, 1.165) is 37.1 Å². The molecule has 0 atom stereocenters. The molecule has 3 heteroatoms. The fourth-order valence-electron chi connectivity index (χ4n) is 1.81. The van der Waals surface area contributed by atoms with Crippen LogP contribution in [0.15, 0.2) is 24.3 Å². The highest BCUT2D eigenvalue weighted by Gasteiger charge is 2.13. The van der Waals surface area contributed by atoms with Crippen molar-refractivity contribution in [2.45, 2.75) is 26.7 Å². The summed E-state index contributed by atoms with van der Waals surface area (Å²) in [6.45, 7) is 6.24. The Hall–Kier alpha value is -1.35. The molecule has 0 spiro atoms. The van der Waals surface area contributed by atoms with Gasteiger partial charge in [-0.15, -0.1) is 0 Å². The molecule has 0 unspecified atom stereocenters. The number of aryl methyl sites for hydroxylation is 1. The van der Waals surface area contributed by atoms with Crippen LogP contribution >= 0.6 is 0 Å². The molecule has 0 bridgehead atoms. The van der Waals surface area contributed by atoms with Gasteiger partial charge in [0.15, 0.2) is 0 Å². The first kappa shape index (κ1) is 13.7. The molecule has 0 radical (unpaired) electrons. The van der Waals surface area contributed by atoms with Crippen LogP contribution in [-0.4, -0.2) is 30.4 Å². The number of unbranched alkanes of at least 4 members (excludes halogenated alkanes) is 1. The van der Waals surface area contributed by atoms with Crippen molar-refractivity contribution in [1.29, 1.82) is 0 Å². The van der Waals surface area contributed by atoms with E-state index in [1.165, 1.54) is 0 Å². The Morgan fingerprint density at radius 1 is 1.35 bits per heavy atom. The molecule has 0 aromatic heterocycles. The quantitative estimate of drug-likeness (QED) is 0.767. The van der Waals surface area contributed by atoms with Gasteiger partial charge in [0, 0.05) is 18.7 Å². The molecule has 1 rings (SSSR count). The van der Waals surface area contributed by atoms with Gasteiger partial charge in [0.2, 0.25) is 0 Å². The average Bonchev–Trinajstić information content (AvgIpc) is 2.34. The van der Waals surface area contributed by atoms with E-state index in [1.807, 2.05) is 43.0 Å². The molecular weight excluding hydrogens is 212 g/mol. The summed E-state index contributed by atoms with van der Waals surface area (Å²) in [5.41, 5.74) is 7.36. The SMILES string of the molecule is CCN(CCCCN)C(=O)c1cccc(C)c1. The Morgan fingerprint density at radius 2 is 2.12 bits per heavy atom. The molecule has 1 aromatic rings. The molecule has 0 saturated heterocycles. The maximum Gasteiger partial charge on any atom is 0.253 e. The second-order valence-electron chi connectivity index (χ2n) is 4.25. The van der Waals surface area contributed by atoms with Gasteiger partial charge in [-0.1, -0.05) is 17.7 Å². The molecule has 0 fully saturated rings.